The van der Waals surface area contributed by atoms with Crippen molar-refractivity contribution in [3.05, 3.63) is 0 Å². The Labute approximate surface area is 89.1 Å². The molecule has 0 spiro atoms. The molecule has 18 valence electrons. The van der Waals surface area contributed by atoms with Gasteiger partial charge in [0.1, 0.15) is 0 Å². The van der Waals surface area contributed by atoms with Crippen LogP contribution in [-0.4, -0.2) is 69.2 Å². The van der Waals surface area contributed by atoms with Gasteiger partial charge in [-0.1, -0.05) is 0 Å². The Morgan fingerprint density at radius 1 is 1.00 bits per heavy atom. The van der Waals surface area contributed by atoms with Crippen molar-refractivity contribution in [2.75, 3.05) is 0 Å². The summed E-state index contributed by atoms with van der Waals surface area (Å²) in [5.41, 5.74) is 0. The second kappa shape index (κ2) is 17.0. The summed E-state index contributed by atoms with van der Waals surface area (Å²) in [6.07, 6.45) is 0. The third kappa shape index (κ3) is 8.84. The molecule has 0 fully saturated rings. The molecule has 4 heavy (non-hydrogen) atoms. The van der Waals surface area contributed by atoms with Gasteiger partial charge in [0.25, 0.3) is 0 Å². The maximum atomic E-state index is 0. The summed E-state index contributed by atoms with van der Waals surface area (Å²) in [5, 5.41) is 0. The molecule has 0 aliphatic rings. The third-order valence-electron chi connectivity index (χ3n) is 0. The van der Waals surface area contributed by atoms with Crippen molar-refractivity contribution in [2.24, 2.45) is 0 Å². The Kier molecular flexibility index (Phi) is 124. The van der Waals surface area contributed by atoms with E-state index in [4.69, 9.17) is 0 Å². The van der Waals surface area contributed by atoms with E-state index in [0.717, 1.165) is 0 Å². The predicted molar refractivity (Wildman–Crippen MR) is 27.0 cm³/mol. The molecule has 0 rings (SSSR count). The maximum absolute atomic E-state index is 0. The molecule has 0 unspecified atom stereocenters. The second-order valence-corrected chi connectivity index (χ2v) is 0. The average molecular weight is 130 g/mol. The molecule has 0 aliphatic carbocycles. The van der Waals surface area contributed by atoms with Gasteiger partial charge in [-0.05, 0) is 0 Å². The Balaban J connectivity index is 0. The summed E-state index contributed by atoms with van der Waals surface area (Å²) < 4.78 is 0. The van der Waals surface area contributed by atoms with Gasteiger partial charge in [0, 0.05) is 21.7 Å². The summed E-state index contributed by atoms with van der Waals surface area (Å²) in [6, 6.07) is 0. The molecule has 0 heterocycles. The summed E-state index contributed by atoms with van der Waals surface area (Å²) in [4.78, 5) is 0. The summed E-state index contributed by atoms with van der Waals surface area (Å²) in [5.74, 6) is 0. The zero-order valence-corrected chi connectivity index (χ0v) is 2.06. The van der Waals surface area contributed by atoms with Crippen molar-refractivity contribution in [3.8, 4) is 0 Å². The van der Waals surface area contributed by atoms with Gasteiger partial charge in [0.2, 0.25) is 0 Å². The van der Waals surface area contributed by atoms with Crippen LogP contribution in [0, 0.1) is 0 Å². The molecular formula is H7BCaMgTi. The molecule has 4 heteroatoms. The summed E-state index contributed by atoms with van der Waals surface area (Å²) >= 11 is 0. The van der Waals surface area contributed by atoms with Gasteiger partial charge < -0.3 is 0 Å². The van der Waals surface area contributed by atoms with Gasteiger partial charge in [0.05, 0.1) is 8.41 Å². The van der Waals surface area contributed by atoms with Gasteiger partial charge in [-0.3, -0.25) is 0 Å². The number of hydrogen-bond acceptors (Lipinski definition) is 0. The molecule has 0 saturated carbocycles. The van der Waals surface area contributed by atoms with Gasteiger partial charge >= 0.3 is 60.8 Å². The molecule has 0 aromatic carbocycles. The van der Waals surface area contributed by atoms with Crippen LogP contribution >= 0.6 is 0 Å². The van der Waals surface area contributed by atoms with E-state index in [1.54, 1.807) is 0 Å². The largest absolute Gasteiger partial charge is 0.316 e. The SMILES string of the molecule is B.[CaH2].[MgH2].[Ti]. The van der Waals surface area contributed by atoms with Crippen LogP contribution in [0.1, 0.15) is 0 Å². The Hall–Kier alpha value is 2.81. The van der Waals surface area contributed by atoms with Gasteiger partial charge in [-0.2, -0.15) is 0 Å². The third-order valence-corrected chi connectivity index (χ3v) is 0. The minimum Gasteiger partial charge on any atom is 0 e. The Morgan fingerprint density at radius 2 is 1.00 bits per heavy atom. The fraction of sp³-hybridized carbons (Fsp3) is 0. The van der Waals surface area contributed by atoms with E-state index in [0.29, 0.717) is 0 Å². The second-order valence-electron chi connectivity index (χ2n) is 0. The van der Waals surface area contributed by atoms with Crippen molar-refractivity contribution in [1.82, 2.24) is 0 Å². The van der Waals surface area contributed by atoms with Crippen molar-refractivity contribution < 1.29 is 21.7 Å². The Morgan fingerprint density at radius 3 is 1.00 bits per heavy atom. The van der Waals surface area contributed by atoms with Crippen LogP contribution in [0.5, 0.6) is 0 Å². The topological polar surface area (TPSA) is 0 Å². The van der Waals surface area contributed by atoms with Crippen molar-refractivity contribution in [2.45, 2.75) is 0 Å². The van der Waals surface area contributed by atoms with Crippen LogP contribution < -0.4 is 0 Å². The zero-order chi connectivity index (χ0) is 0. The van der Waals surface area contributed by atoms with Crippen LogP contribution in [0.15, 0.2) is 0 Å². The Bertz CT molecular complexity index is 8.00. The zero-order valence-electron chi connectivity index (χ0n) is 0.500. The number of hydrogen-bond donors (Lipinski definition) is 0. The van der Waals surface area contributed by atoms with Gasteiger partial charge in [-0.15, -0.1) is 0 Å². The van der Waals surface area contributed by atoms with Gasteiger partial charge in [-0.25, -0.2) is 0 Å². The fourth-order valence-corrected chi connectivity index (χ4v) is 0. The normalized spacial score (nSPS) is 0. The molecule has 0 saturated heterocycles. The van der Waals surface area contributed by atoms with E-state index >= 15 is 0 Å². The standard InChI is InChI=1S/BH3.Ca.Mg.Ti.4H/h1H3;;;;;;;. The van der Waals surface area contributed by atoms with Gasteiger partial charge in [0.15, 0.2) is 0 Å². The molecule has 0 aliphatic heterocycles. The monoisotopic (exact) mass is 130 g/mol. The quantitative estimate of drug-likeness (QED) is 0.306. The number of rotatable bonds is 0. The van der Waals surface area contributed by atoms with Crippen molar-refractivity contribution >= 4 is 69.2 Å². The molecule has 0 nitrogen and oxygen atoms in total. The maximum Gasteiger partial charge on any atom is 0.316 e. The van der Waals surface area contributed by atoms with E-state index in [9.17, 15) is 0 Å². The molecule has 0 radical (unpaired) electrons. The first-order valence-corrected chi connectivity index (χ1v) is 0. The van der Waals surface area contributed by atoms with E-state index < -0.39 is 0 Å². The van der Waals surface area contributed by atoms with Crippen LogP contribution in [-0.2, 0) is 21.7 Å². The molecule has 0 aromatic rings. The van der Waals surface area contributed by atoms with Crippen LogP contribution in [0.4, 0.5) is 0 Å². The first-order chi connectivity index (χ1) is 0. The minimum atomic E-state index is 0. The predicted octanol–water partition coefficient (Wildman–Crippen LogP) is -3.02. The minimum absolute atomic E-state index is 0. The van der Waals surface area contributed by atoms with E-state index in [-0.39, 0.29) is 90.9 Å². The van der Waals surface area contributed by atoms with Crippen LogP contribution in [0.25, 0.3) is 0 Å². The summed E-state index contributed by atoms with van der Waals surface area (Å²) in [6.45, 7) is 0. The van der Waals surface area contributed by atoms with Crippen LogP contribution in [0.3, 0.4) is 0 Å². The average Bonchev–Trinajstić information content (AvgIpc) is 0. The smallest absolute Gasteiger partial charge is 0 e. The molecular weight excluding hydrogens is 123 g/mol. The fourth-order valence-electron chi connectivity index (χ4n) is 0. The molecule has 0 N–H and O–H groups in total. The summed E-state index contributed by atoms with van der Waals surface area (Å²) in [7, 11) is 0. The van der Waals surface area contributed by atoms with E-state index in [1.807, 2.05) is 0 Å². The first kappa shape index (κ1) is 29.1. The van der Waals surface area contributed by atoms with Crippen molar-refractivity contribution in [3.63, 3.8) is 0 Å². The van der Waals surface area contributed by atoms with Crippen LogP contribution in [0.2, 0.25) is 0 Å². The van der Waals surface area contributed by atoms with Crippen molar-refractivity contribution in [1.29, 1.82) is 0 Å². The van der Waals surface area contributed by atoms with E-state index in [1.165, 1.54) is 0 Å². The molecule has 0 bridgehead atoms. The molecule has 0 amide bonds. The first-order valence-electron chi connectivity index (χ1n) is 0. The van der Waals surface area contributed by atoms with E-state index in [2.05, 4.69) is 0 Å². The molecule has 0 atom stereocenters. The molecule has 0 aromatic heterocycles.